The summed E-state index contributed by atoms with van der Waals surface area (Å²) < 4.78 is 17.8. The predicted octanol–water partition coefficient (Wildman–Crippen LogP) is 2.79. The number of aromatic hydroxyl groups is 1. The SMILES string of the molecule is Oc1ccc(F)cc1-c1ccco1. The molecule has 0 aliphatic heterocycles. The first kappa shape index (κ1) is 7.86. The average molecular weight is 178 g/mol. The van der Waals surface area contributed by atoms with Gasteiger partial charge in [0.2, 0.25) is 0 Å². The minimum absolute atomic E-state index is 0.0105. The second-order valence-electron chi connectivity index (χ2n) is 2.64. The first-order chi connectivity index (χ1) is 6.27. The minimum Gasteiger partial charge on any atom is -0.507 e. The van der Waals surface area contributed by atoms with Gasteiger partial charge in [0.25, 0.3) is 0 Å². The van der Waals surface area contributed by atoms with E-state index in [0.29, 0.717) is 11.3 Å². The average Bonchev–Trinajstić information content (AvgIpc) is 2.61. The first-order valence-corrected chi connectivity index (χ1v) is 3.80. The van der Waals surface area contributed by atoms with Crippen molar-refractivity contribution in [3.8, 4) is 17.1 Å². The summed E-state index contributed by atoms with van der Waals surface area (Å²) in [6.45, 7) is 0. The van der Waals surface area contributed by atoms with Crippen LogP contribution in [0.3, 0.4) is 0 Å². The van der Waals surface area contributed by atoms with Gasteiger partial charge in [-0.05, 0) is 30.3 Å². The van der Waals surface area contributed by atoms with E-state index in [2.05, 4.69) is 0 Å². The third-order valence-electron chi connectivity index (χ3n) is 1.75. The van der Waals surface area contributed by atoms with Crippen molar-refractivity contribution in [3.05, 3.63) is 42.4 Å². The van der Waals surface area contributed by atoms with Crippen LogP contribution in [0.15, 0.2) is 41.0 Å². The third kappa shape index (κ3) is 1.40. The van der Waals surface area contributed by atoms with Gasteiger partial charge in [0.15, 0.2) is 0 Å². The molecule has 0 spiro atoms. The van der Waals surface area contributed by atoms with Crippen LogP contribution in [0.2, 0.25) is 0 Å². The number of halogens is 1. The van der Waals surface area contributed by atoms with Crippen LogP contribution in [0, 0.1) is 5.82 Å². The van der Waals surface area contributed by atoms with Gasteiger partial charge in [-0.2, -0.15) is 0 Å². The number of rotatable bonds is 1. The molecule has 2 nitrogen and oxygen atoms in total. The smallest absolute Gasteiger partial charge is 0.137 e. The standard InChI is InChI=1S/C10H7FO2/c11-7-3-4-9(12)8(6-7)10-2-1-5-13-10/h1-6,12H. The molecule has 0 aliphatic rings. The number of benzene rings is 1. The maximum atomic E-state index is 12.8. The molecule has 0 unspecified atom stereocenters. The highest BCUT2D eigenvalue weighted by atomic mass is 19.1. The highest BCUT2D eigenvalue weighted by molar-refractivity contribution is 5.65. The molecular formula is C10H7FO2. The maximum absolute atomic E-state index is 12.8. The Kier molecular flexibility index (Phi) is 1.77. The fourth-order valence-corrected chi connectivity index (χ4v) is 1.14. The third-order valence-corrected chi connectivity index (χ3v) is 1.75. The first-order valence-electron chi connectivity index (χ1n) is 3.80. The van der Waals surface area contributed by atoms with Crippen LogP contribution in [-0.2, 0) is 0 Å². The Morgan fingerprint density at radius 3 is 2.77 bits per heavy atom. The zero-order valence-electron chi connectivity index (χ0n) is 6.70. The molecule has 66 valence electrons. The van der Waals surface area contributed by atoms with Gasteiger partial charge < -0.3 is 9.52 Å². The van der Waals surface area contributed by atoms with Gasteiger partial charge in [-0.25, -0.2) is 4.39 Å². The number of furan rings is 1. The van der Waals surface area contributed by atoms with Gasteiger partial charge >= 0.3 is 0 Å². The molecule has 0 aliphatic carbocycles. The molecular weight excluding hydrogens is 171 g/mol. The molecule has 1 N–H and O–H groups in total. The second-order valence-corrected chi connectivity index (χ2v) is 2.64. The van der Waals surface area contributed by atoms with Crippen LogP contribution >= 0.6 is 0 Å². The monoisotopic (exact) mass is 178 g/mol. The Labute approximate surface area is 74.2 Å². The molecule has 0 fully saturated rings. The molecule has 1 heterocycles. The van der Waals surface area contributed by atoms with Gasteiger partial charge in [-0.1, -0.05) is 0 Å². The lowest BCUT2D eigenvalue weighted by molar-refractivity contribution is 0.471. The zero-order valence-corrected chi connectivity index (χ0v) is 6.70. The van der Waals surface area contributed by atoms with Crippen LogP contribution < -0.4 is 0 Å². The van der Waals surface area contributed by atoms with Gasteiger partial charge in [-0.15, -0.1) is 0 Å². The summed E-state index contributed by atoms with van der Waals surface area (Å²) in [5, 5.41) is 9.38. The number of phenols is 1. The van der Waals surface area contributed by atoms with Crippen LogP contribution in [-0.4, -0.2) is 5.11 Å². The summed E-state index contributed by atoms with van der Waals surface area (Å²) in [6, 6.07) is 7.07. The Morgan fingerprint density at radius 2 is 2.08 bits per heavy atom. The Balaban J connectivity index is 2.57. The number of hydrogen-bond acceptors (Lipinski definition) is 2. The summed E-state index contributed by atoms with van der Waals surface area (Å²) in [7, 11) is 0. The fraction of sp³-hybridized carbons (Fsp3) is 0. The van der Waals surface area contributed by atoms with E-state index in [1.807, 2.05) is 0 Å². The molecule has 1 aromatic carbocycles. The van der Waals surface area contributed by atoms with Gasteiger partial charge in [0.05, 0.1) is 11.8 Å². The van der Waals surface area contributed by atoms with E-state index in [9.17, 15) is 9.50 Å². The zero-order chi connectivity index (χ0) is 9.26. The van der Waals surface area contributed by atoms with E-state index in [-0.39, 0.29) is 5.75 Å². The normalized spacial score (nSPS) is 10.2. The second kappa shape index (κ2) is 2.94. The Hall–Kier alpha value is -1.77. The van der Waals surface area contributed by atoms with Gasteiger partial charge in [0, 0.05) is 0 Å². The highest BCUT2D eigenvalue weighted by Crippen LogP contribution is 2.29. The van der Waals surface area contributed by atoms with E-state index in [4.69, 9.17) is 4.42 Å². The molecule has 2 rings (SSSR count). The largest absolute Gasteiger partial charge is 0.507 e. The van der Waals surface area contributed by atoms with Crippen LogP contribution in [0.25, 0.3) is 11.3 Å². The molecule has 1 aromatic heterocycles. The summed E-state index contributed by atoms with van der Waals surface area (Å²) in [6.07, 6.45) is 1.47. The van der Waals surface area contributed by atoms with Crippen molar-refractivity contribution < 1.29 is 13.9 Å². The summed E-state index contributed by atoms with van der Waals surface area (Å²) in [5.41, 5.74) is 0.366. The highest BCUT2D eigenvalue weighted by Gasteiger charge is 2.07. The van der Waals surface area contributed by atoms with Crippen molar-refractivity contribution in [2.24, 2.45) is 0 Å². The van der Waals surface area contributed by atoms with E-state index in [1.54, 1.807) is 12.1 Å². The van der Waals surface area contributed by atoms with E-state index < -0.39 is 5.82 Å². The molecule has 0 saturated heterocycles. The van der Waals surface area contributed by atoms with Crippen molar-refractivity contribution in [2.75, 3.05) is 0 Å². The van der Waals surface area contributed by atoms with Crippen molar-refractivity contribution in [1.29, 1.82) is 0 Å². The van der Waals surface area contributed by atoms with Crippen LogP contribution in [0.4, 0.5) is 4.39 Å². The van der Waals surface area contributed by atoms with E-state index >= 15 is 0 Å². The lowest BCUT2D eigenvalue weighted by Gasteiger charge is -2.00. The number of hydrogen-bond donors (Lipinski definition) is 1. The molecule has 0 amide bonds. The molecule has 13 heavy (non-hydrogen) atoms. The lowest BCUT2D eigenvalue weighted by Crippen LogP contribution is -1.78. The van der Waals surface area contributed by atoms with Gasteiger partial charge in [0.1, 0.15) is 17.3 Å². The van der Waals surface area contributed by atoms with E-state index in [0.717, 1.165) is 0 Å². The summed E-state index contributed by atoms with van der Waals surface area (Å²) >= 11 is 0. The van der Waals surface area contributed by atoms with Crippen molar-refractivity contribution in [2.45, 2.75) is 0 Å². The van der Waals surface area contributed by atoms with E-state index in [1.165, 1.54) is 24.5 Å². The summed E-state index contributed by atoms with van der Waals surface area (Å²) in [5.74, 6) is 0.0672. The Bertz CT molecular complexity index is 407. The maximum Gasteiger partial charge on any atom is 0.137 e. The van der Waals surface area contributed by atoms with Crippen molar-refractivity contribution in [3.63, 3.8) is 0 Å². The predicted molar refractivity (Wildman–Crippen MR) is 45.8 cm³/mol. The molecule has 0 bridgehead atoms. The lowest BCUT2D eigenvalue weighted by atomic mass is 10.1. The topological polar surface area (TPSA) is 33.4 Å². The minimum atomic E-state index is -0.399. The van der Waals surface area contributed by atoms with Gasteiger partial charge in [-0.3, -0.25) is 0 Å². The van der Waals surface area contributed by atoms with Crippen molar-refractivity contribution in [1.82, 2.24) is 0 Å². The van der Waals surface area contributed by atoms with Crippen molar-refractivity contribution >= 4 is 0 Å². The van der Waals surface area contributed by atoms with Crippen LogP contribution in [0.5, 0.6) is 5.75 Å². The Morgan fingerprint density at radius 1 is 1.23 bits per heavy atom. The molecule has 3 heteroatoms. The molecule has 0 radical (unpaired) electrons. The summed E-state index contributed by atoms with van der Waals surface area (Å²) in [4.78, 5) is 0. The quantitative estimate of drug-likeness (QED) is 0.728. The molecule has 0 atom stereocenters. The van der Waals surface area contributed by atoms with Crippen LogP contribution in [0.1, 0.15) is 0 Å². The molecule has 0 saturated carbocycles. The number of phenolic OH excluding ortho intramolecular Hbond substituents is 1. The fourth-order valence-electron chi connectivity index (χ4n) is 1.14. The molecule has 2 aromatic rings.